The zero-order valence-electron chi connectivity index (χ0n) is 9.46. The van der Waals surface area contributed by atoms with Crippen LogP contribution in [0.25, 0.3) is 11.0 Å². The number of hydrogen-bond acceptors (Lipinski definition) is 4. The van der Waals surface area contributed by atoms with E-state index in [0.29, 0.717) is 11.3 Å². The molecular weight excluding hydrogens is 220 g/mol. The van der Waals surface area contributed by atoms with Gasteiger partial charge in [-0.3, -0.25) is 4.79 Å². The third-order valence-electron chi connectivity index (χ3n) is 2.66. The van der Waals surface area contributed by atoms with Crippen molar-refractivity contribution in [3.63, 3.8) is 0 Å². The average Bonchev–Trinajstić information content (AvgIpc) is 2.79. The fraction of sp³-hybridized carbons (Fsp3) is 0.250. The summed E-state index contributed by atoms with van der Waals surface area (Å²) in [6.07, 6.45) is 0.305. The highest BCUT2D eigenvalue weighted by Gasteiger charge is 2.21. The minimum Gasteiger partial charge on any atom is -0.462 e. The number of fused-ring (bicyclic) bond motifs is 1. The van der Waals surface area contributed by atoms with Crippen molar-refractivity contribution < 1.29 is 14.3 Å². The smallest absolute Gasteiger partial charge is 0.256 e. The summed E-state index contributed by atoms with van der Waals surface area (Å²) in [7, 11) is 1.58. The molecule has 0 saturated carbocycles. The predicted octanol–water partition coefficient (Wildman–Crippen LogP) is 0.715. The summed E-state index contributed by atoms with van der Waals surface area (Å²) in [6, 6.07) is 7.38. The molecule has 2 rings (SSSR count). The molecule has 2 aromatic rings. The second-order valence-electron chi connectivity index (χ2n) is 3.77. The first-order valence-corrected chi connectivity index (χ1v) is 5.27. The number of hydrogen-bond donors (Lipinski definition) is 2. The second-order valence-corrected chi connectivity index (χ2v) is 3.77. The summed E-state index contributed by atoms with van der Waals surface area (Å²) in [4.78, 5) is 13.1. The molecule has 0 aliphatic rings. The highest BCUT2D eigenvalue weighted by molar-refractivity contribution is 6.03. The molecule has 0 bridgehead atoms. The molecular formula is C12H14N2O3. The van der Waals surface area contributed by atoms with E-state index in [4.69, 9.17) is 10.2 Å². The third kappa shape index (κ3) is 2.02. The van der Waals surface area contributed by atoms with Crippen LogP contribution in [0.5, 0.6) is 0 Å². The van der Waals surface area contributed by atoms with Gasteiger partial charge in [-0.1, -0.05) is 12.1 Å². The van der Waals surface area contributed by atoms with Crippen molar-refractivity contribution in [3.05, 3.63) is 30.5 Å². The maximum absolute atomic E-state index is 11.8. The van der Waals surface area contributed by atoms with Gasteiger partial charge in [-0.05, 0) is 12.1 Å². The monoisotopic (exact) mass is 234 g/mol. The van der Waals surface area contributed by atoms with Crippen molar-refractivity contribution in [1.29, 1.82) is 0 Å². The van der Waals surface area contributed by atoms with Crippen LogP contribution in [0.4, 0.5) is 5.69 Å². The van der Waals surface area contributed by atoms with Crippen molar-refractivity contribution in [3.8, 4) is 0 Å². The lowest BCUT2D eigenvalue weighted by Crippen LogP contribution is -2.40. The molecule has 0 saturated heterocycles. The number of benzene rings is 1. The highest BCUT2D eigenvalue weighted by atomic mass is 16.3. The first-order valence-electron chi connectivity index (χ1n) is 5.27. The van der Waals surface area contributed by atoms with Crippen LogP contribution in [0, 0.1) is 0 Å². The van der Waals surface area contributed by atoms with Crippen LogP contribution in [0.3, 0.4) is 0 Å². The summed E-state index contributed by atoms with van der Waals surface area (Å²) in [5.74, 6) is -0.445. The van der Waals surface area contributed by atoms with Crippen molar-refractivity contribution in [1.82, 2.24) is 0 Å². The minimum absolute atomic E-state index is 0.0983. The molecule has 1 aromatic carbocycles. The Kier molecular flexibility index (Phi) is 3.12. The maximum Gasteiger partial charge on any atom is 0.256 e. The lowest BCUT2D eigenvalue weighted by molar-refractivity contribution is -0.125. The number of nitrogens with two attached hydrogens (primary N) is 1. The number of likely N-dealkylation sites (N-methyl/N-ethyl adjacent to an activating group) is 1. The number of anilines is 1. The fourth-order valence-electron chi connectivity index (χ4n) is 1.67. The van der Waals surface area contributed by atoms with E-state index in [1.807, 2.05) is 24.3 Å². The summed E-state index contributed by atoms with van der Waals surface area (Å²) in [5.41, 5.74) is 6.58. The van der Waals surface area contributed by atoms with Gasteiger partial charge in [0, 0.05) is 19.0 Å². The summed E-state index contributed by atoms with van der Waals surface area (Å²) < 4.78 is 5.33. The lowest BCUT2D eigenvalue weighted by atomic mass is 10.2. The Bertz CT molecular complexity index is 535. The minimum atomic E-state index is -1.19. The molecule has 0 radical (unpaired) electrons. The van der Waals surface area contributed by atoms with Crippen molar-refractivity contribution in [2.75, 3.05) is 18.5 Å². The molecule has 0 fully saturated rings. The Hall–Kier alpha value is -1.85. The number of rotatable bonds is 3. The molecule has 5 heteroatoms. The van der Waals surface area contributed by atoms with E-state index in [0.717, 1.165) is 5.39 Å². The van der Waals surface area contributed by atoms with Crippen LogP contribution in [0.2, 0.25) is 0 Å². The molecule has 1 heterocycles. The Labute approximate surface area is 98.4 Å². The predicted molar refractivity (Wildman–Crippen MR) is 64.7 cm³/mol. The molecule has 3 N–H and O–H groups in total. The van der Waals surface area contributed by atoms with Gasteiger partial charge in [0.2, 0.25) is 0 Å². The average molecular weight is 234 g/mol. The van der Waals surface area contributed by atoms with Gasteiger partial charge < -0.3 is 20.2 Å². The maximum atomic E-state index is 11.8. The highest BCUT2D eigenvalue weighted by Crippen LogP contribution is 2.28. The Morgan fingerprint density at radius 3 is 2.94 bits per heavy atom. The molecule has 1 aromatic heterocycles. The molecule has 0 aliphatic heterocycles. The number of furan rings is 1. The molecule has 0 spiro atoms. The quantitative estimate of drug-likeness (QED) is 0.819. The van der Waals surface area contributed by atoms with Crippen molar-refractivity contribution in [2.45, 2.75) is 6.10 Å². The van der Waals surface area contributed by atoms with E-state index < -0.39 is 12.0 Å². The summed E-state index contributed by atoms with van der Waals surface area (Å²) >= 11 is 0. The number of nitrogens with zero attached hydrogens (tertiary/aromatic N) is 1. The van der Waals surface area contributed by atoms with Gasteiger partial charge in [0.05, 0.1) is 5.69 Å². The van der Waals surface area contributed by atoms with E-state index in [1.54, 1.807) is 7.05 Å². The second kappa shape index (κ2) is 4.57. The van der Waals surface area contributed by atoms with Gasteiger partial charge in [0.25, 0.3) is 5.91 Å². The molecule has 17 heavy (non-hydrogen) atoms. The van der Waals surface area contributed by atoms with Crippen LogP contribution >= 0.6 is 0 Å². The SMILES string of the molecule is CN(C(=O)C(O)CN)c1coc2ccccc12. The Morgan fingerprint density at radius 1 is 1.53 bits per heavy atom. The number of carbonyl (C=O) groups is 1. The van der Waals surface area contributed by atoms with Gasteiger partial charge in [0.1, 0.15) is 18.0 Å². The molecule has 1 amide bonds. The molecule has 1 unspecified atom stereocenters. The first-order chi connectivity index (χ1) is 8.15. The topological polar surface area (TPSA) is 79.7 Å². The van der Waals surface area contributed by atoms with Gasteiger partial charge in [-0.2, -0.15) is 0 Å². The van der Waals surface area contributed by atoms with Crippen LogP contribution in [-0.2, 0) is 4.79 Å². The van der Waals surface area contributed by atoms with Gasteiger partial charge >= 0.3 is 0 Å². The van der Waals surface area contributed by atoms with Gasteiger partial charge in [-0.25, -0.2) is 0 Å². The number of aliphatic hydroxyl groups is 1. The van der Waals surface area contributed by atoms with E-state index in [9.17, 15) is 9.90 Å². The normalized spacial score (nSPS) is 12.6. The largest absolute Gasteiger partial charge is 0.462 e. The summed E-state index contributed by atoms with van der Waals surface area (Å²) in [6.45, 7) is -0.0983. The number of para-hydroxylation sites is 1. The van der Waals surface area contributed by atoms with Gasteiger partial charge in [-0.15, -0.1) is 0 Å². The fourth-order valence-corrected chi connectivity index (χ4v) is 1.67. The van der Waals surface area contributed by atoms with Crippen LogP contribution in [-0.4, -0.2) is 30.7 Å². The zero-order chi connectivity index (χ0) is 12.4. The lowest BCUT2D eigenvalue weighted by Gasteiger charge is -2.18. The van der Waals surface area contributed by atoms with Crippen LogP contribution < -0.4 is 10.6 Å². The standard InChI is InChI=1S/C12H14N2O3/c1-14(12(16)10(15)6-13)9-7-17-11-5-3-2-4-8(9)11/h2-5,7,10,15H,6,13H2,1H3. The van der Waals surface area contributed by atoms with Crippen molar-refractivity contribution >= 4 is 22.6 Å². The van der Waals surface area contributed by atoms with E-state index in [1.165, 1.54) is 11.2 Å². The van der Waals surface area contributed by atoms with E-state index >= 15 is 0 Å². The number of carbonyl (C=O) groups excluding carboxylic acids is 1. The molecule has 0 aliphatic carbocycles. The van der Waals surface area contributed by atoms with Gasteiger partial charge in [0.15, 0.2) is 0 Å². The van der Waals surface area contributed by atoms with Crippen molar-refractivity contribution in [2.24, 2.45) is 5.73 Å². The first kappa shape index (κ1) is 11.6. The Morgan fingerprint density at radius 2 is 2.24 bits per heavy atom. The van der Waals surface area contributed by atoms with E-state index in [2.05, 4.69) is 0 Å². The Balaban J connectivity index is 2.37. The molecule has 5 nitrogen and oxygen atoms in total. The molecule has 90 valence electrons. The number of amides is 1. The van der Waals surface area contributed by atoms with Crippen LogP contribution in [0.15, 0.2) is 34.9 Å². The third-order valence-corrected chi connectivity index (χ3v) is 2.66. The zero-order valence-corrected chi connectivity index (χ0v) is 9.46. The van der Waals surface area contributed by atoms with E-state index in [-0.39, 0.29) is 6.54 Å². The molecule has 1 atom stereocenters. The summed E-state index contributed by atoms with van der Waals surface area (Å²) in [5, 5.41) is 10.2. The number of aliphatic hydroxyl groups excluding tert-OH is 1. The van der Waals surface area contributed by atoms with Crippen LogP contribution in [0.1, 0.15) is 0 Å².